The molecule has 29 heavy (non-hydrogen) atoms. The van der Waals surface area contributed by atoms with E-state index in [4.69, 9.17) is 23.2 Å². The van der Waals surface area contributed by atoms with Crippen LogP contribution in [0.5, 0.6) is 0 Å². The summed E-state index contributed by atoms with van der Waals surface area (Å²) in [6.45, 7) is 3.24. The number of anilines is 3. The van der Waals surface area contributed by atoms with E-state index in [0.29, 0.717) is 36.2 Å². The lowest BCUT2D eigenvalue weighted by atomic mass is 10.1. The SMILES string of the molecule is Cc1cc(N(NC(=O)O)c2ccc(N(CCCl)CCCl)cc2)c2ccccc2n1. The van der Waals surface area contributed by atoms with Crippen LogP contribution in [0.25, 0.3) is 10.9 Å². The van der Waals surface area contributed by atoms with Crippen LogP contribution in [0, 0.1) is 6.92 Å². The van der Waals surface area contributed by atoms with Crippen molar-refractivity contribution in [2.75, 3.05) is 34.8 Å². The van der Waals surface area contributed by atoms with Crippen LogP contribution in [0.15, 0.2) is 54.6 Å². The zero-order chi connectivity index (χ0) is 20.8. The van der Waals surface area contributed by atoms with Gasteiger partial charge in [-0.25, -0.2) is 10.2 Å². The number of rotatable bonds is 8. The van der Waals surface area contributed by atoms with Gasteiger partial charge in [0.25, 0.3) is 0 Å². The molecule has 0 spiro atoms. The number of alkyl halides is 2. The molecule has 3 aromatic rings. The van der Waals surface area contributed by atoms with Gasteiger partial charge < -0.3 is 10.0 Å². The summed E-state index contributed by atoms with van der Waals surface area (Å²) in [5.74, 6) is 0.987. The number of amides is 1. The fraction of sp³-hybridized carbons (Fsp3) is 0.238. The van der Waals surface area contributed by atoms with Crippen LogP contribution in [0.4, 0.5) is 21.9 Å². The number of hydrazine groups is 1. The molecular weight excluding hydrogens is 411 g/mol. The molecule has 8 heteroatoms. The normalized spacial score (nSPS) is 10.7. The summed E-state index contributed by atoms with van der Waals surface area (Å²) in [7, 11) is 0. The van der Waals surface area contributed by atoms with Crippen LogP contribution < -0.4 is 15.3 Å². The third-order valence-corrected chi connectivity index (χ3v) is 4.79. The molecule has 0 atom stereocenters. The smallest absolute Gasteiger partial charge is 0.423 e. The molecule has 0 saturated heterocycles. The molecule has 0 aliphatic carbocycles. The van der Waals surface area contributed by atoms with E-state index >= 15 is 0 Å². The lowest BCUT2D eigenvalue weighted by Gasteiger charge is -2.27. The number of aryl methyl sites for hydroxylation is 1. The quantitative estimate of drug-likeness (QED) is 0.380. The Balaban J connectivity index is 2.03. The van der Waals surface area contributed by atoms with Crippen molar-refractivity contribution in [1.29, 1.82) is 0 Å². The number of nitrogens with zero attached hydrogens (tertiary/aromatic N) is 3. The molecule has 6 nitrogen and oxygen atoms in total. The van der Waals surface area contributed by atoms with E-state index in [1.165, 1.54) is 0 Å². The van der Waals surface area contributed by atoms with Gasteiger partial charge >= 0.3 is 6.09 Å². The molecule has 0 saturated carbocycles. The first-order chi connectivity index (χ1) is 14.0. The molecule has 1 heterocycles. The molecule has 152 valence electrons. The van der Waals surface area contributed by atoms with Crippen LogP contribution in [0.1, 0.15) is 5.69 Å². The van der Waals surface area contributed by atoms with Crippen LogP contribution in [-0.2, 0) is 0 Å². The van der Waals surface area contributed by atoms with Crippen molar-refractivity contribution in [2.45, 2.75) is 6.92 Å². The van der Waals surface area contributed by atoms with E-state index in [1.54, 1.807) is 5.01 Å². The van der Waals surface area contributed by atoms with Gasteiger partial charge in [0.1, 0.15) is 0 Å². The predicted molar refractivity (Wildman–Crippen MR) is 120 cm³/mol. The Kier molecular flexibility index (Phi) is 7.01. The number of fused-ring (bicyclic) bond motifs is 1. The van der Waals surface area contributed by atoms with Gasteiger partial charge in [-0.2, -0.15) is 0 Å². The van der Waals surface area contributed by atoms with Gasteiger partial charge in [-0.05, 0) is 43.3 Å². The number of carbonyl (C=O) groups is 1. The number of halogens is 2. The number of benzene rings is 2. The first-order valence-corrected chi connectivity index (χ1v) is 10.2. The highest BCUT2D eigenvalue weighted by atomic mass is 35.5. The van der Waals surface area contributed by atoms with Crippen molar-refractivity contribution in [3.05, 3.63) is 60.3 Å². The molecule has 3 rings (SSSR count). The number of pyridine rings is 1. The van der Waals surface area contributed by atoms with Gasteiger partial charge in [0.2, 0.25) is 0 Å². The molecule has 0 bridgehead atoms. The van der Waals surface area contributed by atoms with Crippen molar-refractivity contribution in [2.24, 2.45) is 0 Å². The largest absolute Gasteiger partial charge is 0.464 e. The summed E-state index contributed by atoms with van der Waals surface area (Å²) in [6.07, 6.45) is -1.15. The van der Waals surface area contributed by atoms with Crippen molar-refractivity contribution >= 4 is 57.3 Å². The highest BCUT2D eigenvalue weighted by Crippen LogP contribution is 2.32. The van der Waals surface area contributed by atoms with Crippen molar-refractivity contribution in [3.8, 4) is 0 Å². The average molecular weight is 433 g/mol. The van der Waals surface area contributed by atoms with Crippen molar-refractivity contribution in [1.82, 2.24) is 10.4 Å². The maximum absolute atomic E-state index is 11.5. The zero-order valence-corrected chi connectivity index (χ0v) is 17.5. The monoisotopic (exact) mass is 432 g/mol. The third-order valence-electron chi connectivity index (χ3n) is 4.45. The first-order valence-electron chi connectivity index (χ1n) is 9.16. The number of carboxylic acid groups (broad SMARTS) is 1. The van der Waals surface area contributed by atoms with Gasteiger partial charge in [-0.1, -0.05) is 18.2 Å². The van der Waals surface area contributed by atoms with Gasteiger partial charge in [0, 0.05) is 41.6 Å². The van der Waals surface area contributed by atoms with Gasteiger partial charge in [-0.15, -0.1) is 23.2 Å². The molecule has 0 unspecified atom stereocenters. The Morgan fingerprint density at radius 1 is 1.03 bits per heavy atom. The molecule has 0 aliphatic heterocycles. The Labute approximate surface area is 179 Å². The number of hydrogen-bond acceptors (Lipinski definition) is 4. The second-order valence-corrected chi connectivity index (χ2v) is 7.19. The van der Waals surface area contributed by atoms with Crippen LogP contribution in [-0.4, -0.2) is 41.0 Å². The Morgan fingerprint density at radius 3 is 2.28 bits per heavy atom. The second kappa shape index (κ2) is 9.67. The van der Waals surface area contributed by atoms with E-state index in [2.05, 4.69) is 15.3 Å². The van der Waals surface area contributed by atoms with Gasteiger partial charge in [-0.3, -0.25) is 9.99 Å². The molecule has 0 fully saturated rings. The number of nitrogens with one attached hydrogen (secondary N) is 1. The molecule has 1 aromatic heterocycles. The maximum Gasteiger partial charge on any atom is 0.423 e. The second-order valence-electron chi connectivity index (χ2n) is 6.43. The molecular formula is C21H22Cl2N4O2. The van der Waals surface area contributed by atoms with E-state index in [9.17, 15) is 9.90 Å². The highest BCUT2D eigenvalue weighted by molar-refractivity contribution is 6.18. The Morgan fingerprint density at radius 2 is 1.66 bits per heavy atom. The fourth-order valence-electron chi connectivity index (χ4n) is 3.22. The molecule has 1 amide bonds. The molecule has 0 aliphatic rings. The Hall–Kier alpha value is -2.70. The van der Waals surface area contributed by atoms with Gasteiger partial charge in [0.05, 0.1) is 16.9 Å². The first kappa shape index (κ1) is 21.0. The van der Waals surface area contributed by atoms with E-state index in [0.717, 1.165) is 22.3 Å². The Bertz CT molecular complexity index is 976. The highest BCUT2D eigenvalue weighted by Gasteiger charge is 2.17. The van der Waals surface area contributed by atoms with Crippen LogP contribution >= 0.6 is 23.2 Å². The van der Waals surface area contributed by atoms with Crippen LogP contribution in [0.3, 0.4) is 0 Å². The number of aromatic nitrogens is 1. The molecule has 2 N–H and O–H groups in total. The minimum atomic E-state index is -1.15. The lowest BCUT2D eigenvalue weighted by molar-refractivity contribution is 0.194. The minimum absolute atomic E-state index is 0.494. The molecule has 0 radical (unpaired) electrons. The van der Waals surface area contributed by atoms with Crippen molar-refractivity contribution < 1.29 is 9.90 Å². The van der Waals surface area contributed by atoms with E-state index in [-0.39, 0.29) is 0 Å². The lowest BCUT2D eigenvalue weighted by Crippen LogP contribution is -2.38. The number of hydrogen-bond donors (Lipinski definition) is 2. The van der Waals surface area contributed by atoms with Crippen LogP contribution in [0.2, 0.25) is 0 Å². The summed E-state index contributed by atoms with van der Waals surface area (Å²) in [5.41, 5.74) is 6.46. The average Bonchev–Trinajstić information content (AvgIpc) is 2.71. The summed E-state index contributed by atoms with van der Waals surface area (Å²) in [5, 5.41) is 11.8. The zero-order valence-electron chi connectivity index (χ0n) is 16.0. The predicted octanol–water partition coefficient (Wildman–Crippen LogP) is 5.15. The minimum Gasteiger partial charge on any atom is -0.464 e. The topological polar surface area (TPSA) is 68.7 Å². The third kappa shape index (κ3) is 5.02. The fourth-order valence-corrected chi connectivity index (χ4v) is 3.62. The summed E-state index contributed by atoms with van der Waals surface area (Å²) in [6, 6.07) is 17.1. The van der Waals surface area contributed by atoms with E-state index < -0.39 is 6.09 Å². The van der Waals surface area contributed by atoms with Gasteiger partial charge in [0.15, 0.2) is 0 Å². The summed E-state index contributed by atoms with van der Waals surface area (Å²) < 4.78 is 0. The van der Waals surface area contributed by atoms with Crippen molar-refractivity contribution in [3.63, 3.8) is 0 Å². The number of para-hydroxylation sites is 1. The standard InChI is InChI=1S/C21H22Cl2N4O2/c1-15-14-20(18-4-2-3-5-19(18)24-15)27(25-21(28)29)17-8-6-16(7-9-17)26(12-10-22)13-11-23/h2-9,14,25H,10-13H2,1H3,(H,28,29). The molecule has 2 aromatic carbocycles. The maximum atomic E-state index is 11.5. The summed E-state index contributed by atoms with van der Waals surface area (Å²) >= 11 is 11.8. The van der Waals surface area contributed by atoms with E-state index in [1.807, 2.05) is 61.5 Å². The summed E-state index contributed by atoms with van der Waals surface area (Å²) in [4.78, 5) is 18.1.